The summed E-state index contributed by atoms with van der Waals surface area (Å²) in [6.45, 7) is 1.27. The Balaban J connectivity index is 1.20. The highest BCUT2D eigenvalue weighted by Crippen LogP contribution is 2.32. The van der Waals surface area contributed by atoms with Gasteiger partial charge in [0.1, 0.15) is 5.75 Å². The highest BCUT2D eigenvalue weighted by molar-refractivity contribution is 6.02. The molecule has 2 aromatic rings. The molecular formula is C24H26N2O4. The van der Waals surface area contributed by atoms with Crippen LogP contribution in [0.3, 0.4) is 0 Å². The average molecular weight is 406 g/mol. The van der Waals surface area contributed by atoms with Gasteiger partial charge in [0.15, 0.2) is 11.9 Å². The van der Waals surface area contributed by atoms with Crippen molar-refractivity contribution in [1.82, 2.24) is 4.98 Å². The number of hydrogen-bond acceptors (Lipinski definition) is 5. The molecule has 0 spiro atoms. The zero-order valence-corrected chi connectivity index (χ0v) is 17.0. The Labute approximate surface area is 176 Å². The van der Waals surface area contributed by atoms with Crippen LogP contribution in [0.1, 0.15) is 54.4 Å². The van der Waals surface area contributed by atoms with Gasteiger partial charge in [-0.3, -0.25) is 9.59 Å². The van der Waals surface area contributed by atoms with Crippen LogP contribution in [0.15, 0.2) is 36.5 Å². The van der Waals surface area contributed by atoms with E-state index in [1.807, 2.05) is 18.2 Å². The molecule has 0 radical (unpaired) electrons. The van der Waals surface area contributed by atoms with Crippen LogP contribution in [0.25, 0.3) is 0 Å². The summed E-state index contributed by atoms with van der Waals surface area (Å²) >= 11 is 0. The number of carbonyl (C=O) groups is 2. The molecule has 156 valence electrons. The van der Waals surface area contributed by atoms with Gasteiger partial charge in [0.2, 0.25) is 5.88 Å². The van der Waals surface area contributed by atoms with E-state index < -0.39 is 6.10 Å². The Hall–Kier alpha value is -2.89. The first-order chi connectivity index (χ1) is 14.7. The number of pyridine rings is 1. The molecule has 1 amide bonds. The van der Waals surface area contributed by atoms with E-state index in [1.54, 1.807) is 23.2 Å². The van der Waals surface area contributed by atoms with E-state index in [4.69, 9.17) is 9.47 Å². The molecule has 1 saturated carbocycles. The van der Waals surface area contributed by atoms with Crippen LogP contribution in [-0.4, -0.2) is 35.9 Å². The van der Waals surface area contributed by atoms with E-state index >= 15 is 0 Å². The molecule has 1 aromatic heterocycles. The Morgan fingerprint density at radius 2 is 1.97 bits per heavy atom. The molecule has 2 heterocycles. The molecule has 0 bridgehead atoms. The molecule has 1 saturated heterocycles. The number of nitrogens with zero attached hydrogens (tertiary/aromatic N) is 2. The van der Waals surface area contributed by atoms with E-state index in [2.05, 4.69) is 4.98 Å². The number of hydrogen-bond donors (Lipinski definition) is 0. The zero-order chi connectivity index (χ0) is 20.5. The van der Waals surface area contributed by atoms with Gasteiger partial charge in [-0.2, -0.15) is 0 Å². The third-order valence-corrected chi connectivity index (χ3v) is 6.17. The second kappa shape index (κ2) is 8.09. The van der Waals surface area contributed by atoms with Crippen molar-refractivity contribution in [3.05, 3.63) is 47.7 Å². The molecule has 0 N–H and O–H groups in total. The van der Waals surface area contributed by atoms with Gasteiger partial charge in [0, 0.05) is 36.7 Å². The molecule has 6 nitrogen and oxygen atoms in total. The minimum atomic E-state index is -0.542. The molecular weight excluding hydrogens is 380 g/mol. The lowest BCUT2D eigenvalue weighted by atomic mass is 9.90. The molecule has 1 aromatic carbocycles. The van der Waals surface area contributed by atoms with Crippen molar-refractivity contribution in [3.63, 3.8) is 0 Å². The predicted molar refractivity (Wildman–Crippen MR) is 112 cm³/mol. The molecule has 30 heavy (non-hydrogen) atoms. The topological polar surface area (TPSA) is 68.7 Å². The lowest BCUT2D eigenvalue weighted by molar-refractivity contribution is -0.122. The summed E-state index contributed by atoms with van der Waals surface area (Å²) in [5, 5.41) is 0. The third-order valence-electron chi connectivity index (χ3n) is 6.17. The molecule has 1 aliphatic heterocycles. The van der Waals surface area contributed by atoms with Crippen LogP contribution in [0.4, 0.5) is 5.69 Å². The van der Waals surface area contributed by atoms with Crippen LogP contribution in [0.5, 0.6) is 11.6 Å². The first-order valence-corrected chi connectivity index (χ1v) is 10.9. The second-order valence-corrected chi connectivity index (χ2v) is 8.42. The average Bonchev–Trinajstić information content (AvgIpc) is 3.52. The lowest BCUT2D eigenvalue weighted by Gasteiger charge is -2.21. The van der Waals surface area contributed by atoms with Crippen LogP contribution in [0.2, 0.25) is 0 Å². The Kier molecular flexibility index (Phi) is 5.15. The summed E-state index contributed by atoms with van der Waals surface area (Å²) < 4.78 is 11.6. The number of aromatic nitrogens is 1. The number of aryl methyl sites for hydroxylation is 1. The first-order valence-electron chi connectivity index (χ1n) is 10.9. The van der Waals surface area contributed by atoms with Crippen molar-refractivity contribution >= 4 is 17.4 Å². The molecule has 6 heteroatoms. The number of anilines is 1. The van der Waals surface area contributed by atoms with Gasteiger partial charge in [0.25, 0.3) is 5.91 Å². The molecule has 1 unspecified atom stereocenters. The monoisotopic (exact) mass is 406 g/mol. The fourth-order valence-electron chi connectivity index (χ4n) is 4.23. The number of ketones is 1. The van der Waals surface area contributed by atoms with Gasteiger partial charge in [-0.15, -0.1) is 0 Å². The van der Waals surface area contributed by atoms with E-state index in [9.17, 15) is 9.59 Å². The molecule has 1 atom stereocenters. The van der Waals surface area contributed by atoms with Crippen molar-refractivity contribution in [2.75, 3.05) is 18.1 Å². The number of Topliss-reactive ketones (excluding diaryl/α,β-unsaturated/α-hetero) is 1. The molecule has 2 aliphatic carbocycles. The van der Waals surface area contributed by atoms with Gasteiger partial charge < -0.3 is 14.4 Å². The predicted octanol–water partition coefficient (Wildman–Crippen LogP) is 3.96. The van der Waals surface area contributed by atoms with Crippen molar-refractivity contribution in [3.8, 4) is 11.6 Å². The van der Waals surface area contributed by atoms with Crippen molar-refractivity contribution in [2.24, 2.45) is 5.92 Å². The summed E-state index contributed by atoms with van der Waals surface area (Å²) in [7, 11) is 0. The highest BCUT2D eigenvalue weighted by atomic mass is 16.5. The SMILES string of the molecule is O=C1CCCc2ccc(N3CCC(Oc4ccc(OCCC5CC5)nc4)C3=O)cc21. The standard InChI is InChI=1S/C24H26N2O4/c27-21-3-1-2-17-6-7-18(14-20(17)21)26-12-10-22(24(26)28)30-19-8-9-23(25-15-19)29-13-11-16-4-5-16/h6-9,14-16,22H,1-5,10-13H2. The van der Waals surface area contributed by atoms with Gasteiger partial charge in [-0.05, 0) is 48.9 Å². The van der Waals surface area contributed by atoms with Gasteiger partial charge in [-0.25, -0.2) is 4.98 Å². The first kappa shape index (κ1) is 19.1. The second-order valence-electron chi connectivity index (χ2n) is 8.42. The highest BCUT2D eigenvalue weighted by Gasteiger charge is 2.35. The lowest BCUT2D eigenvalue weighted by Crippen LogP contribution is -2.32. The van der Waals surface area contributed by atoms with Crippen LogP contribution < -0.4 is 14.4 Å². The molecule has 3 aliphatic rings. The van der Waals surface area contributed by atoms with Crippen molar-refractivity contribution in [2.45, 2.75) is 51.0 Å². The summed E-state index contributed by atoms with van der Waals surface area (Å²) in [5.41, 5.74) is 2.62. The normalized spacial score (nSPS) is 20.9. The van der Waals surface area contributed by atoms with Crippen LogP contribution in [0, 0.1) is 5.92 Å². The summed E-state index contributed by atoms with van der Waals surface area (Å²) in [4.78, 5) is 31.1. The van der Waals surface area contributed by atoms with Gasteiger partial charge in [0.05, 0.1) is 12.8 Å². The van der Waals surface area contributed by atoms with Gasteiger partial charge in [-0.1, -0.05) is 18.9 Å². The van der Waals surface area contributed by atoms with Crippen LogP contribution >= 0.6 is 0 Å². The van der Waals surface area contributed by atoms with Crippen molar-refractivity contribution in [1.29, 1.82) is 0 Å². The maximum Gasteiger partial charge on any atom is 0.268 e. The minimum Gasteiger partial charge on any atom is -0.479 e. The quantitative estimate of drug-likeness (QED) is 0.696. The van der Waals surface area contributed by atoms with Gasteiger partial charge >= 0.3 is 0 Å². The molecule has 2 fully saturated rings. The number of carbonyl (C=O) groups excluding carboxylic acids is 2. The number of fused-ring (bicyclic) bond motifs is 1. The maximum atomic E-state index is 12.9. The largest absolute Gasteiger partial charge is 0.479 e. The summed E-state index contributed by atoms with van der Waals surface area (Å²) in [5.74, 6) is 2.06. The number of rotatable bonds is 7. The fourth-order valence-corrected chi connectivity index (χ4v) is 4.23. The van der Waals surface area contributed by atoms with E-state index in [1.165, 1.54) is 12.8 Å². The fraction of sp³-hybridized carbons (Fsp3) is 0.458. The minimum absolute atomic E-state index is 0.0806. The Morgan fingerprint density at radius 1 is 1.07 bits per heavy atom. The smallest absolute Gasteiger partial charge is 0.268 e. The Bertz CT molecular complexity index is 952. The number of benzene rings is 1. The summed E-state index contributed by atoms with van der Waals surface area (Å²) in [6, 6.07) is 9.37. The van der Waals surface area contributed by atoms with E-state index in [-0.39, 0.29) is 11.7 Å². The van der Waals surface area contributed by atoms with E-state index in [0.717, 1.165) is 42.0 Å². The number of amides is 1. The maximum absolute atomic E-state index is 12.9. The summed E-state index contributed by atoms with van der Waals surface area (Å²) in [6.07, 6.45) is 7.81. The number of ether oxygens (including phenoxy) is 2. The Morgan fingerprint density at radius 3 is 2.77 bits per heavy atom. The van der Waals surface area contributed by atoms with Crippen molar-refractivity contribution < 1.29 is 19.1 Å². The zero-order valence-electron chi connectivity index (χ0n) is 17.0. The van der Waals surface area contributed by atoms with E-state index in [0.29, 0.717) is 37.6 Å². The molecule has 5 rings (SSSR count). The van der Waals surface area contributed by atoms with Crippen LogP contribution in [-0.2, 0) is 11.2 Å². The third kappa shape index (κ3) is 4.04.